The summed E-state index contributed by atoms with van der Waals surface area (Å²) in [5.74, 6) is -0.658. The van der Waals surface area contributed by atoms with Crippen molar-refractivity contribution in [1.29, 1.82) is 0 Å². The molecular formula is C14H12N4O4. The quantitative estimate of drug-likeness (QED) is 0.507. The number of rotatable bonds is 4. The molecular weight excluding hydrogens is 288 g/mol. The summed E-state index contributed by atoms with van der Waals surface area (Å²) in [5.41, 5.74) is 3.29. The minimum atomic E-state index is -0.590. The molecule has 0 aliphatic heterocycles. The van der Waals surface area contributed by atoms with Crippen molar-refractivity contribution in [3.8, 4) is 5.75 Å². The zero-order chi connectivity index (χ0) is 16.1. The molecule has 1 amide bonds. The van der Waals surface area contributed by atoms with Crippen molar-refractivity contribution < 1.29 is 14.8 Å². The number of amides is 1. The van der Waals surface area contributed by atoms with E-state index in [0.717, 1.165) is 18.0 Å². The van der Waals surface area contributed by atoms with Crippen LogP contribution in [0.2, 0.25) is 0 Å². The summed E-state index contributed by atoms with van der Waals surface area (Å²) in [7, 11) is 0. The van der Waals surface area contributed by atoms with Crippen LogP contribution in [0, 0.1) is 17.0 Å². The summed E-state index contributed by atoms with van der Waals surface area (Å²) in [6.45, 7) is 1.80. The molecule has 0 saturated heterocycles. The average Bonchev–Trinajstić information content (AvgIpc) is 2.49. The molecule has 2 aromatic rings. The van der Waals surface area contributed by atoms with Gasteiger partial charge in [-0.05, 0) is 25.1 Å². The van der Waals surface area contributed by atoms with Gasteiger partial charge in [0, 0.05) is 29.6 Å². The zero-order valence-electron chi connectivity index (χ0n) is 11.6. The molecule has 0 unspecified atom stereocenters. The Hall–Kier alpha value is -3.29. The van der Waals surface area contributed by atoms with Gasteiger partial charge in [0.15, 0.2) is 0 Å². The minimum Gasteiger partial charge on any atom is -0.507 e. The molecule has 0 fully saturated rings. The molecule has 0 bridgehead atoms. The van der Waals surface area contributed by atoms with Crippen LogP contribution in [0.25, 0.3) is 0 Å². The van der Waals surface area contributed by atoms with Crippen LogP contribution in [-0.2, 0) is 0 Å². The number of aryl methyl sites for hydroxylation is 1. The monoisotopic (exact) mass is 300 g/mol. The molecule has 1 aromatic carbocycles. The number of nitro benzene ring substituents is 1. The number of nitrogens with zero attached hydrogens (tertiary/aromatic N) is 3. The zero-order valence-corrected chi connectivity index (χ0v) is 11.6. The second kappa shape index (κ2) is 6.44. The van der Waals surface area contributed by atoms with E-state index in [1.54, 1.807) is 19.1 Å². The van der Waals surface area contributed by atoms with Gasteiger partial charge in [0.2, 0.25) is 0 Å². The fourth-order valence-electron chi connectivity index (χ4n) is 1.59. The van der Waals surface area contributed by atoms with Gasteiger partial charge in [-0.2, -0.15) is 5.10 Å². The Morgan fingerprint density at radius 3 is 2.82 bits per heavy atom. The normalized spacial score (nSPS) is 10.6. The van der Waals surface area contributed by atoms with Crippen molar-refractivity contribution >= 4 is 17.8 Å². The first-order chi connectivity index (χ1) is 10.5. The number of non-ortho nitro benzene ring substituents is 1. The molecule has 22 heavy (non-hydrogen) atoms. The molecule has 0 aliphatic carbocycles. The van der Waals surface area contributed by atoms with Gasteiger partial charge >= 0.3 is 0 Å². The number of hydrogen-bond donors (Lipinski definition) is 2. The van der Waals surface area contributed by atoms with E-state index < -0.39 is 10.8 Å². The van der Waals surface area contributed by atoms with Crippen LogP contribution in [0.15, 0.2) is 41.6 Å². The van der Waals surface area contributed by atoms with Gasteiger partial charge in [0.25, 0.3) is 11.6 Å². The number of phenolic OH excluding ortho intramolecular Hbond substituents is 1. The highest BCUT2D eigenvalue weighted by Crippen LogP contribution is 2.21. The van der Waals surface area contributed by atoms with E-state index in [1.807, 2.05) is 0 Å². The van der Waals surface area contributed by atoms with E-state index in [-0.39, 0.29) is 17.0 Å². The molecule has 8 heteroatoms. The Labute approximate surface area is 125 Å². The first-order valence-corrected chi connectivity index (χ1v) is 6.21. The highest BCUT2D eigenvalue weighted by molar-refractivity contribution is 5.94. The lowest BCUT2D eigenvalue weighted by molar-refractivity contribution is -0.384. The van der Waals surface area contributed by atoms with Crippen LogP contribution in [-0.4, -0.2) is 27.1 Å². The van der Waals surface area contributed by atoms with Gasteiger partial charge in [-0.3, -0.25) is 19.9 Å². The van der Waals surface area contributed by atoms with Gasteiger partial charge in [-0.15, -0.1) is 0 Å². The predicted molar refractivity (Wildman–Crippen MR) is 78.8 cm³/mol. The summed E-state index contributed by atoms with van der Waals surface area (Å²) in [6, 6.07) is 6.79. The van der Waals surface area contributed by atoms with Gasteiger partial charge in [0.05, 0.1) is 16.7 Å². The van der Waals surface area contributed by atoms with Gasteiger partial charge < -0.3 is 5.11 Å². The lowest BCUT2D eigenvalue weighted by Gasteiger charge is -2.01. The highest BCUT2D eigenvalue weighted by Gasteiger charge is 2.09. The van der Waals surface area contributed by atoms with Gasteiger partial charge in [-0.25, -0.2) is 5.43 Å². The number of carbonyl (C=O) groups is 1. The van der Waals surface area contributed by atoms with Crippen molar-refractivity contribution in [3.05, 3.63) is 63.5 Å². The molecule has 0 saturated carbocycles. The fourth-order valence-corrected chi connectivity index (χ4v) is 1.59. The van der Waals surface area contributed by atoms with E-state index >= 15 is 0 Å². The van der Waals surface area contributed by atoms with E-state index in [1.165, 1.54) is 18.3 Å². The number of nitro groups is 1. The number of aromatic nitrogens is 1. The maximum absolute atomic E-state index is 11.8. The van der Waals surface area contributed by atoms with Crippen LogP contribution in [0.4, 0.5) is 5.69 Å². The lowest BCUT2D eigenvalue weighted by atomic mass is 10.2. The number of aromatic hydroxyl groups is 1. The summed E-state index contributed by atoms with van der Waals surface area (Å²) in [6.07, 6.45) is 2.53. The average molecular weight is 300 g/mol. The van der Waals surface area contributed by atoms with E-state index in [2.05, 4.69) is 15.5 Å². The Balaban J connectivity index is 2.09. The summed E-state index contributed by atoms with van der Waals surface area (Å²) in [4.78, 5) is 25.8. The van der Waals surface area contributed by atoms with Crippen molar-refractivity contribution in [1.82, 2.24) is 10.4 Å². The number of hydrogen-bond acceptors (Lipinski definition) is 6. The Kier molecular flexibility index (Phi) is 4.42. The number of carbonyl (C=O) groups excluding carboxylic acids is 1. The van der Waals surface area contributed by atoms with Crippen LogP contribution < -0.4 is 5.43 Å². The molecule has 112 valence electrons. The van der Waals surface area contributed by atoms with E-state index in [4.69, 9.17) is 0 Å². The Bertz CT molecular complexity index is 741. The van der Waals surface area contributed by atoms with E-state index in [9.17, 15) is 20.0 Å². The first kappa shape index (κ1) is 15.1. The van der Waals surface area contributed by atoms with Crippen molar-refractivity contribution in [2.45, 2.75) is 6.92 Å². The summed E-state index contributed by atoms with van der Waals surface area (Å²) >= 11 is 0. The van der Waals surface area contributed by atoms with Crippen LogP contribution in [0.1, 0.15) is 21.6 Å². The maximum Gasteiger partial charge on any atom is 0.272 e. The summed E-state index contributed by atoms with van der Waals surface area (Å²) in [5, 5.41) is 23.9. The molecule has 0 atom stereocenters. The van der Waals surface area contributed by atoms with Gasteiger partial charge in [-0.1, -0.05) is 0 Å². The SMILES string of the molecule is Cc1ccc(C(=O)N/N=C/c2cc([N+](=O)[O-])ccc2O)cn1. The molecule has 1 aromatic heterocycles. The number of nitrogens with one attached hydrogen (secondary N) is 1. The third-order valence-corrected chi connectivity index (χ3v) is 2.77. The molecule has 0 radical (unpaired) electrons. The van der Waals surface area contributed by atoms with Crippen molar-refractivity contribution in [3.63, 3.8) is 0 Å². The summed E-state index contributed by atoms with van der Waals surface area (Å²) < 4.78 is 0. The molecule has 0 aliphatic rings. The maximum atomic E-state index is 11.8. The lowest BCUT2D eigenvalue weighted by Crippen LogP contribution is -2.17. The third-order valence-electron chi connectivity index (χ3n) is 2.77. The Morgan fingerprint density at radius 2 is 2.18 bits per heavy atom. The minimum absolute atomic E-state index is 0.122. The third kappa shape index (κ3) is 3.63. The topological polar surface area (TPSA) is 118 Å². The molecule has 1 heterocycles. The molecule has 2 rings (SSSR count). The number of hydrazone groups is 1. The highest BCUT2D eigenvalue weighted by atomic mass is 16.6. The molecule has 0 spiro atoms. The van der Waals surface area contributed by atoms with Crippen molar-refractivity contribution in [2.75, 3.05) is 0 Å². The Morgan fingerprint density at radius 1 is 1.41 bits per heavy atom. The second-order valence-corrected chi connectivity index (χ2v) is 4.39. The van der Waals surface area contributed by atoms with Gasteiger partial charge in [0.1, 0.15) is 5.75 Å². The first-order valence-electron chi connectivity index (χ1n) is 6.21. The van der Waals surface area contributed by atoms with Crippen LogP contribution in [0.5, 0.6) is 5.75 Å². The number of pyridine rings is 1. The molecule has 2 N–H and O–H groups in total. The number of phenols is 1. The largest absolute Gasteiger partial charge is 0.507 e. The van der Waals surface area contributed by atoms with E-state index in [0.29, 0.717) is 5.56 Å². The van der Waals surface area contributed by atoms with Crippen LogP contribution in [0.3, 0.4) is 0 Å². The fraction of sp³-hybridized carbons (Fsp3) is 0.0714. The predicted octanol–water partition coefficient (Wildman–Crippen LogP) is 1.77. The standard InChI is InChI=1S/C14H12N4O4/c1-9-2-3-10(7-15-9)14(20)17-16-8-11-6-12(18(21)22)4-5-13(11)19/h2-8,19H,1H3,(H,17,20)/b16-8+. The smallest absolute Gasteiger partial charge is 0.272 e. The molecule has 8 nitrogen and oxygen atoms in total. The van der Waals surface area contributed by atoms with Crippen molar-refractivity contribution in [2.24, 2.45) is 5.10 Å². The second-order valence-electron chi connectivity index (χ2n) is 4.39. The van der Waals surface area contributed by atoms with Crippen LogP contribution >= 0.6 is 0 Å². The number of benzene rings is 1.